The second-order valence-corrected chi connectivity index (χ2v) is 5.58. The first kappa shape index (κ1) is 15.4. The van der Waals surface area contributed by atoms with Crippen LogP contribution in [0.4, 0.5) is 4.39 Å². The van der Waals surface area contributed by atoms with E-state index in [1.165, 1.54) is 25.0 Å². The summed E-state index contributed by atoms with van der Waals surface area (Å²) in [6, 6.07) is 6.50. The molecule has 0 amide bonds. The maximum absolute atomic E-state index is 12.8. The summed E-state index contributed by atoms with van der Waals surface area (Å²) in [5, 5.41) is 13.1. The van der Waals surface area contributed by atoms with Crippen LogP contribution in [-0.4, -0.2) is 30.5 Å². The van der Waals surface area contributed by atoms with Crippen molar-refractivity contribution in [2.45, 2.75) is 50.9 Å². The largest absolute Gasteiger partial charge is 0.389 e. The first-order chi connectivity index (χ1) is 9.65. The molecule has 20 heavy (non-hydrogen) atoms. The molecule has 1 saturated carbocycles. The van der Waals surface area contributed by atoms with Gasteiger partial charge in [0.2, 0.25) is 0 Å². The quantitative estimate of drug-likeness (QED) is 0.807. The third-order valence-corrected chi connectivity index (χ3v) is 3.86. The fourth-order valence-electron chi connectivity index (χ4n) is 2.54. The zero-order valence-corrected chi connectivity index (χ0v) is 12.0. The van der Waals surface area contributed by atoms with Crippen LogP contribution in [0.15, 0.2) is 24.3 Å². The van der Waals surface area contributed by atoms with Gasteiger partial charge in [-0.15, -0.1) is 0 Å². The molecule has 1 aromatic rings. The van der Waals surface area contributed by atoms with Crippen molar-refractivity contribution in [1.82, 2.24) is 5.32 Å². The lowest BCUT2D eigenvalue weighted by atomic mass is 10.1. The van der Waals surface area contributed by atoms with Crippen molar-refractivity contribution in [2.24, 2.45) is 0 Å². The summed E-state index contributed by atoms with van der Waals surface area (Å²) in [5.41, 5.74) is 1.01. The zero-order valence-electron chi connectivity index (χ0n) is 12.0. The standard InChI is InChI=1S/C16H24FNO2/c1-12(13-6-8-14(17)9-7-13)18-10-15(19)11-20-16-4-2-3-5-16/h6-9,12,15-16,18-19H,2-5,10-11H2,1H3/t12-,15?/m1/s1. The van der Waals surface area contributed by atoms with Gasteiger partial charge in [0.25, 0.3) is 0 Å². The number of ether oxygens (including phenoxy) is 1. The van der Waals surface area contributed by atoms with E-state index in [0.29, 0.717) is 19.3 Å². The van der Waals surface area contributed by atoms with E-state index in [-0.39, 0.29) is 11.9 Å². The van der Waals surface area contributed by atoms with Crippen molar-refractivity contribution in [3.05, 3.63) is 35.6 Å². The van der Waals surface area contributed by atoms with E-state index in [0.717, 1.165) is 18.4 Å². The lowest BCUT2D eigenvalue weighted by Gasteiger charge is -2.19. The number of benzene rings is 1. The Balaban J connectivity index is 1.66. The lowest BCUT2D eigenvalue weighted by Crippen LogP contribution is -2.33. The Morgan fingerprint density at radius 3 is 2.60 bits per heavy atom. The molecule has 0 heterocycles. The highest BCUT2D eigenvalue weighted by Gasteiger charge is 2.17. The fourth-order valence-corrected chi connectivity index (χ4v) is 2.54. The third kappa shape index (κ3) is 4.85. The maximum Gasteiger partial charge on any atom is 0.123 e. The van der Waals surface area contributed by atoms with Crippen molar-refractivity contribution in [1.29, 1.82) is 0 Å². The minimum atomic E-state index is -0.501. The van der Waals surface area contributed by atoms with Crippen LogP contribution in [0.2, 0.25) is 0 Å². The molecule has 0 bridgehead atoms. The molecule has 0 radical (unpaired) electrons. The molecule has 1 fully saturated rings. The Bertz CT molecular complexity index is 390. The second-order valence-electron chi connectivity index (χ2n) is 5.58. The number of hydrogen-bond donors (Lipinski definition) is 2. The van der Waals surface area contributed by atoms with Gasteiger partial charge in [-0.3, -0.25) is 0 Å². The van der Waals surface area contributed by atoms with Crippen LogP contribution in [0.3, 0.4) is 0 Å². The normalized spacial score (nSPS) is 19.1. The smallest absolute Gasteiger partial charge is 0.123 e. The molecule has 1 aliphatic rings. The fraction of sp³-hybridized carbons (Fsp3) is 0.625. The zero-order chi connectivity index (χ0) is 14.4. The van der Waals surface area contributed by atoms with Crippen LogP contribution in [0, 0.1) is 5.82 Å². The van der Waals surface area contributed by atoms with Gasteiger partial charge < -0.3 is 15.2 Å². The molecule has 0 spiro atoms. The lowest BCUT2D eigenvalue weighted by molar-refractivity contribution is -0.00610. The summed E-state index contributed by atoms with van der Waals surface area (Å²) in [5.74, 6) is -0.231. The van der Waals surface area contributed by atoms with Crippen LogP contribution in [0.5, 0.6) is 0 Å². The van der Waals surface area contributed by atoms with E-state index in [4.69, 9.17) is 4.74 Å². The van der Waals surface area contributed by atoms with E-state index in [1.54, 1.807) is 12.1 Å². The van der Waals surface area contributed by atoms with Gasteiger partial charge in [0, 0.05) is 12.6 Å². The van der Waals surface area contributed by atoms with E-state index >= 15 is 0 Å². The summed E-state index contributed by atoms with van der Waals surface area (Å²) in [7, 11) is 0. The molecule has 0 saturated heterocycles. The average molecular weight is 281 g/mol. The number of hydrogen-bond acceptors (Lipinski definition) is 3. The summed E-state index contributed by atoms with van der Waals surface area (Å²) in [4.78, 5) is 0. The van der Waals surface area contributed by atoms with Gasteiger partial charge in [-0.05, 0) is 37.5 Å². The number of rotatable bonds is 7. The third-order valence-electron chi connectivity index (χ3n) is 3.86. The van der Waals surface area contributed by atoms with Crippen molar-refractivity contribution in [2.75, 3.05) is 13.2 Å². The molecule has 0 aromatic heterocycles. The Morgan fingerprint density at radius 1 is 1.30 bits per heavy atom. The molecule has 112 valence electrons. The Morgan fingerprint density at radius 2 is 1.95 bits per heavy atom. The van der Waals surface area contributed by atoms with Crippen molar-refractivity contribution >= 4 is 0 Å². The predicted octanol–water partition coefficient (Wildman–Crippen LogP) is 2.80. The van der Waals surface area contributed by atoms with Gasteiger partial charge in [0.05, 0.1) is 18.8 Å². The first-order valence-corrected chi connectivity index (χ1v) is 7.43. The highest BCUT2D eigenvalue weighted by molar-refractivity contribution is 5.19. The summed E-state index contributed by atoms with van der Waals surface area (Å²) in [6.45, 7) is 2.86. The molecule has 1 unspecified atom stereocenters. The van der Waals surface area contributed by atoms with Crippen molar-refractivity contribution in [3.63, 3.8) is 0 Å². The maximum atomic E-state index is 12.8. The molecule has 2 N–H and O–H groups in total. The second kappa shape index (κ2) is 7.72. The van der Waals surface area contributed by atoms with E-state index in [2.05, 4.69) is 5.32 Å². The molecule has 1 aliphatic carbocycles. The van der Waals surface area contributed by atoms with Gasteiger partial charge in [0.1, 0.15) is 5.82 Å². The SMILES string of the molecule is C[C@@H](NCC(O)COC1CCCC1)c1ccc(F)cc1. The molecule has 0 aliphatic heterocycles. The van der Waals surface area contributed by atoms with Gasteiger partial charge in [-0.25, -0.2) is 4.39 Å². The van der Waals surface area contributed by atoms with Crippen LogP contribution in [0.25, 0.3) is 0 Å². The van der Waals surface area contributed by atoms with E-state index in [9.17, 15) is 9.50 Å². The minimum absolute atomic E-state index is 0.0803. The summed E-state index contributed by atoms with van der Waals surface area (Å²) < 4.78 is 18.5. The summed E-state index contributed by atoms with van der Waals surface area (Å²) in [6.07, 6.45) is 4.54. The average Bonchev–Trinajstić information content (AvgIpc) is 2.96. The molecular weight excluding hydrogens is 257 g/mol. The van der Waals surface area contributed by atoms with E-state index < -0.39 is 6.10 Å². The molecule has 2 atom stereocenters. The number of aliphatic hydroxyl groups excluding tert-OH is 1. The van der Waals surface area contributed by atoms with Crippen molar-refractivity contribution in [3.8, 4) is 0 Å². The monoisotopic (exact) mass is 281 g/mol. The molecule has 2 rings (SSSR count). The highest BCUT2D eigenvalue weighted by Crippen LogP contribution is 2.21. The molecule has 1 aromatic carbocycles. The number of aliphatic hydroxyl groups is 1. The van der Waals surface area contributed by atoms with E-state index in [1.807, 2.05) is 6.92 Å². The molecule has 4 heteroatoms. The van der Waals surface area contributed by atoms with Crippen LogP contribution >= 0.6 is 0 Å². The van der Waals surface area contributed by atoms with Crippen LogP contribution in [0.1, 0.15) is 44.2 Å². The van der Waals surface area contributed by atoms with Crippen molar-refractivity contribution < 1.29 is 14.2 Å². The van der Waals surface area contributed by atoms with Gasteiger partial charge >= 0.3 is 0 Å². The Kier molecular flexibility index (Phi) is 5.95. The minimum Gasteiger partial charge on any atom is -0.389 e. The Hall–Kier alpha value is -0.970. The first-order valence-electron chi connectivity index (χ1n) is 7.43. The van der Waals surface area contributed by atoms with Gasteiger partial charge in [-0.1, -0.05) is 25.0 Å². The number of nitrogens with one attached hydrogen (secondary N) is 1. The van der Waals surface area contributed by atoms with Crippen LogP contribution in [-0.2, 0) is 4.74 Å². The van der Waals surface area contributed by atoms with Gasteiger partial charge in [-0.2, -0.15) is 0 Å². The molecular formula is C16H24FNO2. The van der Waals surface area contributed by atoms with Gasteiger partial charge in [0.15, 0.2) is 0 Å². The summed E-state index contributed by atoms with van der Waals surface area (Å²) >= 11 is 0. The van der Waals surface area contributed by atoms with Crippen LogP contribution < -0.4 is 5.32 Å². The topological polar surface area (TPSA) is 41.5 Å². The predicted molar refractivity (Wildman–Crippen MR) is 77.0 cm³/mol. The Labute approximate surface area is 120 Å². The number of halogens is 1. The highest BCUT2D eigenvalue weighted by atomic mass is 19.1. The molecule has 3 nitrogen and oxygen atoms in total.